The Bertz CT molecular complexity index is 518. The van der Waals surface area contributed by atoms with E-state index in [1.165, 1.54) is 0 Å². The number of para-hydroxylation sites is 1. The number of rotatable bonds is 5. The molecular formula is C18H29Cl2N3O. The lowest BCUT2D eigenvalue weighted by Crippen LogP contribution is -2.40. The van der Waals surface area contributed by atoms with Crippen molar-refractivity contribution in [3.63, 3.8) is 0 Å². The highest BCUT2D eigenvalue weighted by Crippen LogP contribution is 2.59. The largest absolute Gasteiger partial charge is 0.317 e. The van der Waals surface area contributed by atoms with Gasteiger partial charge in [-0.2, -0.15) is 0 Å². The first-order valence-electron chi connectivity index (χ1n) is 8.34. The molecule has 24 heavy (non-hydrogen) atoms. The summed E-state index contributed by atoms with van der Waals surface area (Å²) in [6.07, 6.45) is 3.39. The number of halogens is 2. The monoisotopic (exact) mass is 373 g/mol. The molecule has 1 atom stereocenters. The van der Waals surface area contributed by atoms with Crippen molar-refractivity contribution in [2.75, 3.05) is 45.2 Å². The molecule has 1 aromatic rings. The van der Waals surface area contributed by atoms with Crippen LogP contribution in [0.15, 0.2) is 30.3 Å². The SMILES string of the molecule is CN(C)CCN(C(=O)C1CC12CCNCC2)c1ccccc1.Cl.Cl. The number of piperidine rings is 1. The van der Waals surface area contributed by atoms with Gasteiger partial charge < -0.3 is 15.1 Å². The highest BCUT2D eigenvalue weighted by atomic mass is 35.5. The number of hydrogen-bond donors (Lipinski definition) is 1. The number of hydrogen-bond acceptors (Lipinski definition) is 3. The Morgan fingerprint density at radius 3 is 2.33 bits per heavy atom. The standard InChI is InChI=1S/C18H27N3O.2ClH/c1-20(2)12-13-21(15-6-4-3-5-7-15)17(22)16-14-18(16)8-10-19-11-9-18;;/h3-7,16,19H,8-14H2,1-2H3;2*1H. The number of nitrogens with zero attached hydrogens (tertiary/aromatic N) is 2. The van der Waals surface area contributed by atoms with Gasteiger partial charge in [0, 0.05) is 24.7 Å². The lowest BCUT2D eigenvalue weighted by Gasteiger charge is -2.28. The van der Waals surface area contributed by atoms with Crippen LogP contribution in [-0.2, 0) is 4.79 Å². The highest BCUT2D eigenvalue weighted by Gasteiger charge is 2.58. The van der Waals surface area contributed by atoms with E-state index in [0.717, 1.165) is 51.1 Å². The third kappa shape index (κ3) is 4.63. The molecule has 1 unspecified atom stereocenters. The van der Waals surface area contributed by atoms with Gasteiger partial charge in [0.1, 0.15) is 0 Å². The van der Waals surface area contributed by atoms with Crippen LogP contribution in [0.2, 0.25) is 0 Å². The summed E-state index contributed by atoms with van der Waals surface area (Å²) in [6.45, 7) is 3.78. The van der Waals surface area contributed by atoms with Crippen LogP contribution >= 0.6 is 24.8 Å². The summed E-state index contributed by atoms with van der Waals surface area (Å²) in [4.78, 5) is 17.2. The molecule has 1 amide bonds. The third-order valence-corrected chi connectivity index (χ3v) is 5.19. The van der Waals surface area contributed by atoms with Gasteiger partial charge in [0.25, 0.3) is 0 Å². The molecule has 1 aromatic carbocycles. The summed E-state index contributed by atoms with van der Waals surface area (Å²) < 4.78 is 0. The minimum atomic E-state index is 0. The van der Waals surface area contributed by atoms with Crippen LogP contribution in [0.1, 0.15) is 19.3 Å². The fraction of sp³-hybridized carbons (Fsp3) is 0.611. The van der Waals surface area contributed by atoms with E-state index in [9.17, 15) is 4.79 Å². The van der Waals surface area contributed by atoms with Gasteiger partial charge in [0.05, 0.1) is 0 Å². The van der Waals surface area contributed by atoms with Crippen LogP contribution in [0, 0.1) is 11.3 Å². The molecule has 1 N–H and O–H groups in total. The van der Waals surface area contributed by atoms with Gasteiger partial charge in [0.15, 0.2) is 0 Å². The lowest BCUT2D eigenvalue weighted by atomic mass is 9.91. The van der Waals surface area contributed by atoms with Gasteiger partial charge in [-0.05, 0) is 64.0 Å². The van der Waals surface area contributed by atoms with E-state index in [-0.39, 0.29) is 30.7 Å². The van der Waals surface area contributed by atoms with Crippen molar-refractivity contribution in [3.05, 3.63) is 30.3 Å². The summed E-state index contributed by atoms with van der Waals surface area (Å²) in [6, 6.07) is 10.1. The van der Waals surface area contributed by atoms with E-state index in [0.29, 0.717) is 11.3 Å². The number of carbonyl (C=O) groups is 1. The quantitative estimate of drug-likeness (QED) is 0.861. The number of nitrogens with one attached hydrogen (secondary N) is 1. The van der Waals surface area contributed by atoms with Gasteiger partial charge in [-0.3, -0.25) is 4.79 Å². The van der Waals surface area contributed by atoms with Gasteiger partial charge in [-0.25, -0.2) is 0 Å². The van der Waals surface area contributed by atoms with Gasteiger partial charge in [0.2, 0.25) is 5.91 Å². The van der Waals surface area contributed by atoms with E-state index in [4.69, 9.17) is 0 Å². The number of carbonyl (C=O) groups excluding carboxylic acids is 1. The van der Waals surface area contributed by atoms with E-state index < -0.39 is 0 Å². The van der Waals surface area contributed by atoms with Crippen molar-refractivity contribution >= 4 is 36.4 Å². The molecule has 0 bridgehead atoms. The molecule has 0 aromatic heterocycles. The molecular weight excluding hydrogens is 345 g/mol. The van der Waals surface area contributed by atoms with E-state index in [1.807, 2.05) is 35.2 Å². The van der Waals surface area contributed by atoms with E-state index in [1.54, 1.807) is 0 Å². The summed E-state index contributed by atoms with van der Waals surface area (Å²) >= 11 is 0. The lowest BCUT2D eigenvalue weighted by molar-refractivity contribution is -0.120. The smallest absolute Gasteiger partial charge is 0.230 e. The number of amides is 1. The van der Waals surface area contributed by atoms with Crippen molar-refractivity contribution in [2.24, 2.45) is 11.3 Å². The number of benzene rings is 1. The molecule has 1 spiro atoms. The summed E-state index contributed by atoms with van der Waals surface area (Å²) in [5.41, 5.74) is 1.33. The molecule has 4 nitrogen and oxygen atoms in total. The maximum absolute atomic E-state index is 13.1. The zero-order valence-electron chi connectivity index (χ0n) is 14.5. The molecule has 1 saturated heterocycles. The van der Waals surface area contributed by atoms with Crippen molar-refractivity contribution in [1.82, 2.24) is 10.2 Å². The first-order valence-corrected chi connectivity index (χ1v) is 8.34. The van der Waals surface area contributed by atoms with Crippen molar-refractivity contribution in [3.8, 4) is 0 Å². The summed E-state index contributed by atoms with van der Waals surface area (Å²) in [5.74, 6) is 0.562. The average Bonchev–Trinajstić information content (AvgIpc) is 3.22. The molecule has 2 fully saturated rings. The Hall–Kier alpha value is -0.810. The first kappa shape index (κ1) is 21.2. The Labute approximate surface area is 157 Å². The van der Waals surface area contributed by atoms with Gasteiger partial charge >= 0.3 is 0 Å². The molecule has 1 saturated carbocycles. The van der Waals surface area contributed by atoms with Crippen LogP contribution in [-0.4, -0.2) is 51.1 Å². The Kier molecular flexibility index (Phi) is 8.00. The Balaban J connectivity index is 0.00000144. The van der Waals surface area contributed by atoms with Crippen molar-refractivity contribution in [2.45, 2.75) is 19.3 Å². The normalized spacial score (nSPS) is 20.9. The molecule has 1 aliphatic carbocycles. The zero-order chi connectivity index (χ0) is 15.6. The van der Waals surface area contributed by atoms with E-state index >= 15 is 0 Å². The molecule has 0 radical (unpaired) electrons. The van der Waals surface area contributed by atoms with Crippen LogP contribution in [0.4, 0.5) is 5.69 Å². The predicted molar refractivity (Wildman–Crippen MR) is 104 cm³/mol. The maximum Gasteiger partial charge on any atom is 0.230 e. The van der Waals surface area contributed by atoms with Crippen molar-refractivity contribution < 1.29 is 4.79 Å². The third-order valence-electron chi connectivity index (χ3n) is 5.19. The topological polar surface area (TPSA) is 35.6 Å². The van der Waals surface area contributed by atoms with E-state index in [2.05, 4.69) is 24.3 Å². The van der Waals surface area contributed by atoms with Crippen molar-refractivity contribution in [1.29, 1.82) is 0 Å². The minimum Gasteiger partial charge on any atom is -0.317 e. The predicted octanol–water partition coefficient (Wildman–Crippen LogP) is 2.81. The number of likely N-dealkylation sites (N-methyl/N-ethyl adjacent to an activating group) is 1. The van der Waals surface area contributed by atoms with Crippen LogP contribution < -0.4 is 10.2 Å². The molecule has 1 aliphatic heterocycles. The van der Waals surface area contributed by atoms with Crippen LogP contribution in [0.5, 0.6) is 0 Å². The second-order valence-electron chi connectivity index (χ2n) is 7.00. The fourth-order valence-corrected chi connectivity index (χ4v) is 3.64. The minimum absolute atomic E-state index is 0. The van der Waals surface area contributed by atoms with Crippen LogP contribution in [0.25, 0.3) is 0 Å². The maximum atomic E-state index is 13.1. The van der Waals surface area contributed by atoms with Gasteiger partial charge in [-0.15, -0.1) is 24.8 Å². The second kappa shape index (κ2) is 9.04. The summed E-state index contributed by atoms with van der Waals surface area (Å²) in [5, 5.41) is 3.41. The molecule has 3 rings (SSSR count). The molecule has 1 heterocycles. The number of anilines is 1. The Morgan fingerprint density at radius 2 is 1.75 bits per heavy atom. The molecule has 6 heteroatoms. The zero-order valence-corrected chi connectivity index (χ0v) is 16.2. The molecule has 2 aliphatic rings. The first-order chi connectivity index (χ1) is 10.6. The highest BCUT2D eigenvalue weighted by molar-refractivity contribution is 5.97. The average molecular weight is 374 g/mol. The fourth-order valence-electron chi connectivity index (χ4n) is 3.64. The van der Waals surface area contributed by atoms with Crippen LogP contribution in [0.3, 0.4) is 0 Å². The summed E-state index contributed by atoms with van der Waals surface area (Å²) in [7, 11) is 4.11. The molecule has 136 valence electrons. The Morgan fingerprint density at radius 1 is 1.12 bits per heavy atom. The van der Waals surface area contributed by atoms with Gasteiger partial charge in [-0.1, -0.05) is 18.2 Å². The second-order valence-corrected chi connectivity index (χ2v) is 7.00.